The minimum absolute atomic E-state index is 0.0673. The first-order chi connectivity index (χ1) is 16.2. The zero-order valence-electron chi connectivity index (χ0n) is 18.4. The van der Waals surface area contributed by atoms with Gasteiger partial charge in [-0.15, -0.1) is 0 Å². The fourth-order valence-electron chi connectivity index (χ4n) is 4.16. The fourth-order valence-corrected chi connectivity index (χ4v) is 4.16. The summed E-state index contributed by atoms with van der Waals surface area (Å²) >= 11 is 0. The van der Waals surface area contributed by atoms with Crippen molar-refractivity contribution in [2.75, 3.05) is 26.8 Å². The van der Waals surface area contributed by atoms with Crippen molar-refractivity contribution < 1.29 is 14.3 Å². The monoisotopic (exact) mass is 439 g/mol. The van der Waals surface area contributed by atoms with Crippen LogP contribution in [-0.4, -0.2) is 47.4 Å². The van der Waals surface area contributed by atoms with E-state index in [1.165, 1.54) is 0 Å². The van der Waals surface area contributed by atoms with E-state index in [2.05, 4.69) is 0 Å². The van der Waals surface area contributed by atoms with Gasteiger partial charge in [0, 0.05) is 18.3 Å². The Bertz CT molecular complexity index is 1240. The predicted molar refractivity (Wildman–Crippen MR) is 127 cm³/mol. The fraction of sp³-hybridized carbons (Fsp3) is 0.185. The summed E-state index contributed by atoms with van der Waals surface area (Å²) in [7, 11) is 1.63. The number of nitrogens with zero attached hydrogens (tertiary/aromatic N) is 3. The molecule has 1 amide bonds. The van der Waals surface area contributed by atoms with Crippen LogP contribution in [0.4, 0.5) is 0 Å². The molecule has 1 atom stereocenters. The first-order valence-corrected chi connectivity index (χ1v) is 11.0. The highest BCUT2D eigenvalue weighted by molar-refractivity contribution is 6.00. The lowest BCUT2D eigenvalue weighted by atomic mass is 10.0. The number of morpholine rings is 1. The third-order valence-electron chi connectivity index (χ3n) is 5.85. The van der Waals surface area contributed by atoms with E-state index in [1.54, 1.807) is 11.8 Å². The molecule has 0 bridgehead atoms. The molecule has 2 heterocycles. The molecular weight excluding hydrogens is 414 g/mol. The van der Waals surface area contributed by atoms with E-state index in [0.717, 1.165) is 16.8 Å². The summed E-state index contributed by atoms with van der Waals surface area (Å²) in [5.41, 5.74) is 3.88. The van der Waals surface area contributed by atoms with Crippen LogP contribution in [0.5, 0.6) is 5.75 Å². The summed E-state index contributed by atoms with van der Waals surface area (Å²) in [6.07, 6.45) is 1.66. The van der Waals surface area contributed by atoms with Gasteiger partial charge in [0.25, 0.3) is 5.91 Å². The van der Waals surface area contributed by atoms with Crippen LogP contribution in [0.25, 0.3) is 16.9 Å². The maximum atomic E-state index is 13.8. The lowest BCUT2D eigenvalue weighted by Gasteiger charge is -2.33. The molecule has 1 saturated heterocycles. The number of hydrogen-bond donors (Lipinski definition) is 0. The van der Waals surface area contributed by atoms with Gasteiger partial charge in [0.2, 0.25) is 0 Å². The number of amides is 1. The van der Waals surface area contributed by atoms with Gasteiger partial charge in [0.1, 0.15) is 17.5 Å². The van der Waals surface area contributed by atoms with Crippen molar-refractivity contribution in [3.63, 3.8) is 0 Å². The summed E-state index contributed by atoms with van der Waals surface area (Å²) in [5, 5.41) is 4.81. The van der Waals surface area contributed by atoms with E-state index in [9.17, 15) is 4.79 Å². The van der Waals surface area contributed by atoms with E-state index in [-0.39, 0.29) is 12.0 Å². The SMILES string of the molecule is COc1ccccc1-c1nn(-c2ccccc2)cc1C(=O)N1CCOC(c2ccccc2)C1. The largest absolute Gasteiger partial charge is 0.496 e. The van der Waals surface area contributed by atoms with Crippen molar-refractivity contribution in [1.82, 2.24) is 14.7 Å². The zero-order chi connectivity index (χ0) is 22.6. The Morgan fingerprint density at radius 1 is 0.970 bits per heavy atom. The number of para-hydroxylation sites is 2. The smallest absolute Gasteiger partial charge is 0.257 e. The standard InChI is InChI=1S/C27H25N3O3/c1-32-24-15-9-8-14-22(24)26-23(18-30(28-26)21-12-6-3-7-13-21)27(31)29-16-17-33-25(19-29)20-10-4-2-5-11-20/h2-15,18,25H,16-17,19H2,1H3. The molecule has 6 nitrogen and oxygen atoms in total. The Labute approximate surface area is 193 Å². The summed E-state index contributed by atoms with van der Waals surface area (Å²) in [5.74, 6) is 0.608. The second-order valence-electron chi connectivity index (χ2n) is 7.89. The molecule has 1 aliphatic rings. The third-order valence-corrected chi connectivity index (χ3v) is 5.85. The van der Waals surface area contributed by atoms with Gasteiger partial charge in [0.15, 0.2) is 0 Å². The van der Waals surface area contributed by atoms with Gasteiger partial charge in [-0.05, 0) is 29.8 Å². The zero-order valence-corrected chi connectivity index (χ0v) is 18.4. The molecule has 0 spiro atoms. The Balaban J connectivity index is 1.53. The Kier molecular flexibility index (Phi) is 5.91. The minimum atomic E-state index is -0.150. The molecule has 4 aromatic rings. The molecule has 1 unspecified atom stereocenters. The van der Waals surface area contributed by atoms with E-state index in [4.69, 9.17) is 14.6 Å². The molecule has 33 heavy (non-hydrogen) atoms. The van der Waals surface area contributed by atoms with Crippen LogP contribution in [0.1, 0.15) is 22.0 Å². The summed E-state index contributed by atoms with van der Waals surface area (Å²) in [6.45, 7) is 1.51. The van der Waals surface area contributed by atoms with Crippen LogP contribution in [0.2, 0.25) is 0 Å². The second-order valence-corrected chi connectivity index (χ2v) is 7.89. The Morgan fingerprint density at radius 3 is 2.42 bits per heavy atom. The highest BCUT2D eigenvalue weighted by Crippen LogP contribution is 2.33. The lowest BCUT2D eigenvalue weighted by molar-refractivity contribution is -0.0228. The number of ether oxygens (including phenoxy) is 2. The summed E-state index contributed by atoms with van der Waals surface area (Å²) in [6, 6.07) is 27.5. The Hall–Kier alpha value is -3.90. The van der Waals surface area contributed by atoms with Gasteiger partial charge < -0.3 is 14.4 Å². The van der Waals surface area contributed by atoms with Gasteiger partial charge in [-0.3, -0.25) is 4.79 Å². The van der Waals surface area contributed by atoms with Crippen molar-refractivity contribution in [1.29, 1.82) is 0 Å². The number of benzene rings is 3. The molecule has 1 aromatic heterocycles. The maximum absolute atomic E-state index is 13.8. The second kappa shape index (κ2) is 9.30. The Morgan fingerprint density at radius 2 is 1.67 bits per heavy atom. The van der Waals surface area contributed by atoms with Crippen LogP contribution in [0, 0.1) is 0 Å². The van der Waals surface area contributed by atoms with Crippen molar-refractivity contribution in [3.05, 3.63) is 102 Å². The number of carbonyl (C=O) groups excluding carboxylic acids is 1. The molecule has 0 aliphatic carbocycles. The van der Waals surface area contributed by atoms with Crippen LogP contribution in [0.3, 0.4) is 0 Å². The minimum Gasteiger partial charge on any atom is -0.496 e. The number of rotatable bonds is 5. The lowest BCUT2D eigenvalue weighted by Crippen LogP contribution is -2.42. The van der Waals surface area contributed by atoms with Crippen LogP contribution < -0.4 is 4.74 Å². The van der Waals surface area contributed by atoms with Crippen LogP contribution in [0.15, 0.2) is 91.1 Å². The van der Waals surface area contributed by atoms with E-state index in [0.29, 0.717) is 36.7 Å². The van der Waals surface area contributed by atoms with Crippen molar-refractivity contribution in [3.8, 4) is 22.7 Å². The first-order valence-electron chi connectivity index (χ1n) is 11.0. The molecule has 0 radical (unpaired) electrons. The molecule has 0 N–H and O–H groups in total. The molecule has 3 aromatic carbocycles. The van der Waals surface area contributed by atoms with E-state index in [1.807, 2.05) is 96.0 Å². The molecule has 1 aliphatic heterocycles. The molecule has 0 saturated carbocycles. The number of methoxy groups -OCH3 is 1. The van der Waals surface area contributed by atoms with E-state index < -0.39 is 0 Å². The maximum Gasteiger partial charge on any atom is 0.257 e. The quantitative estimate of drug-likeness (QED) is 0.450. The normalized spacial score (nSPS) is 15.9. The van der Waals surface area contributed by atoms with Gasteiger partial charge in [-0.1, -0.05) is 60.7 Å². The van der Waals surface area contributed by atoms with Gasteiger partial charge in [0.05, 0.1) is 31.5 Å². The summed E-state index contributed by atoms with van der Waals surface area (Å²) in [4.78, 5) is 15.6. The molecular formula is C27H25N3O3. The highest BCUT2D eigenvalue weighted by atomic mass is 16.5. The van der Waals surface area contributed by atoms with Gasteiger partial charge >= 0.3 is 0 Å². The average molecular weight is 440 g/mol. The molecule has 166 valence electrons. The van der Waals surface area contributed by atoms with Crippen LogP contribution in [-0.2, 0) is 4.74 Å². The number of hydrogen-bond acceptors (Lipinski definition) is 4. The van der Waals surface area contributed by atoms with Crippen LogP contribution >= 0.6 is 0 Å². The summed E-state index contributed by atoms with van der Waals surface area (Å²) < 4.78 is 13.3. The molecule has 1 fully saturated rings. The highest BCUT2D eigenvalue weighted by Gasteiger charge is 2.30. The van der Waals surface area contributed by atoms with Crippen molar-refractivity contribution in [2.45, 2.75) is 6.10 Å². The van der Waals surface area contributed by atoms with Crippen molar-refractivity contribution >= 4 is 5.91 Å². The molecule has 5 rings (SSSR count). The predicted octanol–water partition coefficient (Wildman–Crippen LogP) is 4.76. The topological polar surface area (TPSA) is 56.6 Å². The van der Waals surface area contributed by atoms with Gasteiger partial charge in [-0.2, -0.15) is 5.10 Å². The van der Waals surface area contributed by atoms with Crippen molar-refractivity contribution in [2.24, 2.45) is 0 Å². The number of carbonyl (C=O) groups is 1. The third kappa shape index (κ3) is 4.25. The van der Waals surface area contributed by atoms with Gasteiger partial charge in [-0.25, -0.2) is 4.68 Å². The average Bonchev–Trinajstić information content (AvgIpc) is 3.34. The van der Waals surface area contributed by atoms with E-state index >= 15 is 0 Å². The number of aromatic nitrogens is 2. The molecule has 6 heteroatoms. The first kappa shape index (κ1) is 21.0.